The molecule has 0 atom stereocenters. The van der Waals surface area contributed by atoms with E-state index >= 15 is 0 Å². The summed E-state index contributed by atoms with van der Waals surface area (Å²) >= 11 is 3.90. The van der Waals surface area contributed by atoms with Crippen LogP contribution in [0, 0.1) is 0 Å². The van der Waals surface area contributed by atoms with E-state index in [9.17, 15) is 9.59 Å². The summed E-state index contributed by atoms with van der Waals surface area (Å²) < 4.78 is 0. The van der Waals surface area contributed by atoms with Crippen LogP contribution in [0.5, 0.6) is 0 Å². The number of anilines is 1. The number of thiol groups is 1. The van der Waals surface area contributed by atoms with Gasteiger partial charge in [0.25, 0.3) is 5.91 Å². The number of nitrogens with zero attached hydrogens (tertiary/aromatic N) is 3. The molecule has 8 heteroatoms. The lowest BCUT2D eigenvalue weighted by molar-refractivity contribution is -0.118. The molecule has 25 heavy (non-hydrogen) atoms. The van der Waals surface area contributed by atoms with E-state index in [2.05, 4.69) is 38.1 Å². The SMILES string of the molecule is O=C(CS)NCCCCCNC(=O)c1cnc(N2CCCCC2)nc1. The molecule has 0 radical (unpaired) electrons. The van der Waals surface area contributed by atoms with E-state index in [0.717, 1.165) is 32.4 Å². The third-order valence-corrected chi connectivity index (χ3v) is 4.43. The molecule has 0 aliphatic carbocycles. The van der Waals surface area contributed by atoms with E-state index in [4.69, 9.17) is 0 Å². The molecule has 2 N–H and O–H groups in total. The number of hydrogen-bond donors (Lipinski definition) is 3. The molecule has 0 aromatic carbocycles. The van der Waals surface area contributed by atoms with Gasteiger partial charge in [0.05, 0.1) is 11.3 Å². The largest absolute Gasteiger partial charge is 0.355 e. The zero-order chi connectivity index (χ0) is 17.9. The summed E-state index contributed by atoms with van der Waals surface area (Å²) in [5, 5.41) is 5.64. The molecule has 0 spiro atoms. The second-order valence-electron chi connectivity index (χ2n) is 6.14. The number of hydrogen-bond acceptors (Lipinski definition) is 6. The fourth-order valence-corrected chi connectivity index (χ4v) is 2.82. The van der Waals surface area contributed by atoms with Gasteiger partial charge in [-0.05, 0) is 38.5 Å². The van der Waals surface area contributed by atoms with Gasteiger partial charge in [0, 0.05) is 38.6 Å². The van der Waals surface area contributed by atoms with Gasteiger partial charge in [0.15, 0.2) is 0 Å². The first kappa shape index (κ1) is 19.5. The zero-order valence-corrected chi connectivity index (χ0v) is 15.4. The van der Waals surface area contributed by atoms with Gasteiger partial charge in [0.2, 0.25) is 11.9 Å². The molecule has 2 heterocycles. The van der Waals surface area contributed by atoms with E-state index in [1.54, 1.807) is 12.4 Å². The van der Waals surface area contributed by atoms with Gasteiger partial charge in [-0.15, -0.1) is 0 Å². The number of aromatic nitrogens is 2. The standard InChI is InChI=1S/C17H27N5O2S/c23-15(13-25)18-7-3-1-4-8-19-16(24)14-11-20-17(21-12-14)22-9-5-2-6-10-22/h11-12,25H,1-10,13H2,(H,18,23)(H,19,24). The maximum Gasteiger partial charge on any atom is 0.254 e. The maximum atomic E-state index is 12.1. The molecule has 7 nitrogen and oxygen atoms in total. The molecule has 0 unspecified atom stereocenters. The summed E-state index contributed by atoms with van der Waals surface area (Å²) in [4.78, 5) is 33.9. The van der Waals surface area contributed by atoms with Crippen LogP contribution in [0.15, 0.2) is 12.4 Å². The first-order valence-corrected chi connectivity index (χ1v) is 9.56. The predicted octanol–water partition coefficient (Wildman–Crippen LogP) is 1.41. The second kappa shape index (κ2) is 10.9. The summed E-state index contributed by atoms with van der Waals surface area (Å²) in [6, 6.07) is 0. The number of carbonyl (C=O) groups is 2. The number of carbonyl (C=O) groups excluding carboxylic acids is 2. The predicted molar refractivity (Wildman–Crippen MR) is 101 cm³/mol. The van der Waals surface area contributed by atoms with Gasteiger partial charge in [-0.25, -0.2) is 9.97 Å². The Balaban J connectivity index is 1.63. The highest BCUT2D eigenvalue weighted by Gasteiger charge is 2.14. The normalized spacial score (nSPS) is 14.2. The van der Waals surface area contributed by atoms with Crippen molar-refractivity contribution >= 4 is 30.4 Å². The zero-order valence-electron chi connectivity index (χ0n) is 14.5. The van der Waals surface area contributed by atoms with Gasteiger partial charge in [-0.1, -0.05) is 0 Å². The molecule has 1 aliphatic rings. The number of piperidine rings is 1. The second-order valence-corrected chi connectivity index (χ2v) is 6.46. The highest BCUT2D eigenvalue weighted by atomic mass is 32.1. The number of amides is 2. The Morgan fingerprint density at radius 1 is 1.00 bits per heavy atom. The molecular weight excluding hydrogens is 338 g/mol. The van der Waals surface area contributed by atoms with Crippen molar-refractivity contribution < 1.29 is 9.59 Å². The van der Waals surface area contributed by atoms with Crippen LogP contribution < -0.4 is 15.5 Å². The monoisotopic (exact) mass is 365 g/mol. The number of rotatable bonds is 9. The highest BCUT2D eigenvalue weighted by molar-refractivity contribution is 7.81. The van der Waals surface area contributed by atoms with E-state index in [1.807, 2.05) is 0 Å². The van der Waals surface area contributed by atoms with Crippen LogP contribution in [-0.4, -0.2) is 53.7 Å². The van der Waals surface area contributed by atoms with E-state index in [0.29, 0.717) is 24.6 Å². The van der Waals surface area contributed by atoms with Crippen LogP contribution in [0.2, 0.25) is 0 Å². The third-order valence-electron chi connectivity index (χ3n) is 4.14. The van der Waals surface area contributed by atoms with E-state index < -0.39 is 0 Å². The Labute approximate surface area is 154 Å². The van der Waals surface area contributed by atoms with Gasteiger partial charge in [-0.3, -0.25) is 9.59 Å². The molecule has 1 aliphatic heterocycles. The van der Waals surface area contributed by atoms with Crippen LogP contribution in [0.4, 0.5) is 5.95 Å². The Bertz CT molecular complexity index is 546. The van der Waals surface area contributed by atoms with Crippen molar-refractivity contribution in [3.05, 3.63) is 18.0 Å². The van der Waals surface area contributed by atoms with Crippen LogP contribution in [0.1, 0.15) is 48.9 Å². The fraction of sp³-hybridized carbons (Fsp3) is 0.647. The molecule has 1 fully saturated rings. The van der Waals surface area contributed by atoms with Gasteiger partial charge >= 0.3 is 0 Å². The van der Waals surface area contributed by atoms with Gasteiger partial charge < -0.3 is 15.5 Å². The molecule has 2 rings (SSSR count). The third kappa shape index (κ3) is 6.89. The summed E-state index contributed by atoms with van der Waals surface area (Å²) in [5.74, 6) is 0.729. The Hall–Kier alpha value is -1.83. The summed E-state index contributed by atoms with van der Waals surface area (Å²) in [5.41, 5.74) is 0.488. The lowest BCUT2D eigenvalue weighted by Gasteiger charge is -2.26. The van der Waals surface area contributed by atoms with Crippen molar-refractivity contribution in [1.29, 1.82) is 0 Å². The van der Waals surface area contributed by atoms with E-state index in [-0.39, 0.29) is 17.6 Å². The van der Waals surface area contributed by atoms with Crippen LogP contribution in [0.3, 0.4) is 0 Å². The molecule has 0 bridgehead atoms. The number of unbranched alkanes of at least 4 members (excludes halogenated alkanes) is 2. The molecular formula is C17H27N5O2S. The highest BCUT2D eigenvalue weighted by Crippen LogP contribution is 2.14. The van der Waals surface area contributed by atoms with E-state index in [1.165, 1.54) is 19.3 Å². The van der Waals surface area contributed by atoms with Crippen molar-refractivity contribution in [3.63, 3.8) is 0 Å². The Morgan fingerprint density at radius 2 is 1.64 bits per heavy atom. The van der Waals surface area contributed by atoms with Crippen molar-refractivity contribution in [1.82, 2.24) is 20.6 Å². The van der Waals surface area contributed by atoms with Crippen LogP contribution in [0.25, 0.3) is 0 Å². The average Bonchev–Trinajstić information content (AvgIpc) is 2.67. The quantitative estimate of drug-likeness (QED) is 0.455. The smallest absolute Gasteiger partial charge is 0.254 e. The van der Waals surface area contributed by atoms with Gasteiger partial charge in [-0.2, -0.15) is 12.6 Å². The Kier molecular flexibility index (Phi) is 8.51. The fourth-order valence-electron chi connectivity index (χ4n) is 2.71. The topological polar surface area (TPSA) is 87.2 Å². The minimum Gasteiger partial charge on any atom is -0.355 e. The molecule has 1 saturated heterocycles. The molecule has 1 aromatic heterocycles. The molecule has 2 amide bonds. The summed E-state index contributed by atoms with van der Waals surface area (Å²) in [7, 11) is 0. The first-order chi connectivity index (χ1) is 12.2. The molecule has 138 valence electrons. The maximum absolute atomic E-state index is 12.1. The van der Waals surface area contributed by atoms with Crippen molar-refractivity contribution in [2.24, 2.45) is 0 Å². The molecule has 0 saturated carbocycles. The lowest BCUT2D eigenvalue weighted by atomic mass is 10.1. The Morgan fingerprint density at radius 3 is 2.28 bits per heavy atom. The molecule has 1 aromatic rings. The minimum atomic E-state index is -0.145. The summed E-state index contributed by atoms with van der Waals surface area (Å²) in [6.45, 7) is 3.23. The lowest BCUT2D eigenvalue weighted by Crippen LogP contribution is -2.31. The van der Waals surface area contributed by atoms with Crippen molar-refractivity contribution in [2.45, 2.75) is 38.5 Å². The van der Waals surface area contributed by atoms with Crippen molar-refractivity contribution in [2.75, 3.05) is 36.8 Å². The average molecular weight is 366 g/mol. The minimum absolute atomic E-state index is 0.0513. The summed E-state index contributed by atoms with van der Waals surface area (Å²) in [6.07, 6.45) is 9.50. The van der Waals surface area contributed by atoms with Gasteiger partial charge in [0.1, 0.15) is 0 Å². The van der Waals surface area contributed by atoms with Crippen LogP contribution >= 0.6 is 12.6 Å². The number of nitrogens with one attached hydrogen (secondary N) is 2. The van der Waals surface area contributed by atoms with Crippen molar-refractivity contribution in [3.8, 4) is 0 Å². The first-order valence-electron chi connectivity index (χ1n) is 8.93. The van der Waals surface area contributed by atoms with Crippen LogP contribution in [-0.2, 0) is 4.79 Å².